The summed E-state index contributed by atoms with van der Waals surface area (Å²) in [5.41, 5.74) is 3.30. The van der Waals surface area contributed by atoms with Crippen molar-refractivity contribution < 1.29 is 9.47 Å². The minimum Gasteiger partial charge on any atom is -0.496 e. The number of aryl methyl sites for hydroxylation is 1. The minimum atomic E-state index is 0.617. The Labute approximate surface area is 113 Å². The fourth-order valence-electron chi connectivity index (χ4n) is 1.86. The maximum atomic E-state index is 5.24. The molecule has 0 aliphatic heterocycles. The van der Waals surface area contributed by atoms with Crippen molar-refractivity contribution in [1.29, 1.82) is 0 Å². The molecule has 100 valence electrons. The molecular formula is C15H18N2O2. The van der Waals surface area contributed by atoms with Crippen molar-refractivity contribution in [3.63, 3.8) is 0 Å². The molecule has 0 spiro atoms. The van der Waals surface area contributed by atoms with Crippen LogP contribution in [0, 0.1) is 6.92 Å². The number of rotatable bonds is 5. The van der Waals surface area contributed by atoms with Crippen LogP contribution in [-0.4, -0.2) is 19.2 Å². The molecule has 4 heteroatoms. The number of nitrogens with one attached hydrogen (secondary N) is 1. The fraction of sp³-hybridized carbons (Fsp3) is 0.267. The summed E-state index contributed by atoms with van der Waals surface area (Å²) in [6, 6.07) is 9.93. The standard InChI is InChI=1S/C15H18N2O2/c1-11-8-12(4-6-14(11)18-2)9-16-13-5-7-15(19-3)17-10-13/h4-8,10,16H,9H2,1-3H3. The Hall–Kier alpha value is -2.23. The largest absolute Gasteiger partial charge is 0.496 e. The van der Waals surface area contributed by atoms with Gasteiger partial charge in [0.25, 0.3) is 0 Å². The normalized spacial score (nSPS) is 10.1. The first-order chi connectivity index (χ1) is 9.22. The van der Waals surface area contributed by atoms with E-state index in [0.29, 0.717) is 5.88 Å². The number of benzene rings is 1. The number of anilines is 1. The van der Waals surface area contributed by atoms with E-state index in [9.17, 15) is 0 Å². The van der Waals surface area contributed by atoms with Crippen LogP contribution in [0.5, 0.6) is 11.6 Å². The number of aromatic nitrogens is 1. The third-order valence-electron chi connectivity index (χ3n) is 2.90. The van der Waals surface area contributed by atoms with Crippen molar-refractivity contribution in [3.8, 4) is 11.6 Å². The molecule has 0 unspecified atom stereocenters. The molecule has 2 aromatic rings. The van der Waals surface area contributed by atoms with Crippen LogP contribution in [0.3, 0.4) is 0 Å². The first-order valence-corrected chi connectivity index (χ1v) is 6.10. The van der Waals surface area contributed by atoms with Crippen molar-refractivity contribution in [1.82, 2.24) is 4.98 Å². The van der Waals surface area contributed by atoms with Crippen molar-refractivity contribution >= 4 is 5.69 Å². The van der Waals surface area contributed by atoms with Crippen molar-refractivity contribution in [2.24, 2.45) is 0 Å². The number of hydrogen-bond donors (Lipinski definition) is 1. The van der Waals surface area contributed by atoms with Gasteiger partial charge in [-0.05, 0) is 30.2 Å². The van der Waals surface area contributed by atoms with Gasteiger partial charge in [0.05, 0.1) is 26.1 Å². The maximum absolute atomic E-state index is 5.24. The molecule has 0 atom stereocenters. The fourth-order valence-corrected chi connectivity index (χ4v) is 1.86. The van der Waals surface area contributed by atoms with Crippen LogP contribution in [0.25, 0.3) is 0 Å². The Kier molecular flexibility index (Phi) is 4.23. The molecule has 1 heterocycles. The average Bonchev–Trinajstić information content (AvgIpc) is 2.46. The number of methoxy groups -OCH3 is 2. The second-order valence-corrected chi connectivity index (χ2v) is 4.25. The number of nitrogens with zero attached hydrogens (tertiary/aromatic N) is 1. The quantitative estimate of drug-likeness (QED) is 0.895. The highest BCUT2D eigenvalue weighted by atomic mass is 16.5. The van der Waals surface area contributed by atoms with Gasteiger partial charge in [0, 0.05) is 12.6 Å². The molecule has 0 aliphatic carbocycles. The molecule has 0 saturated carbocycles. The van der Waals surface area contributed by atoms with Crippen molar-refractivity contribution in [2.45, 2.75) is 13.5 Å². The Morgan fingerprint density at radius 3 is 2.53 bits per heavy atom. The number of pyridine rings is 1. The van der Waals surface area contributed by atoms with Gasteiger partial charge in [-0.2, -0.15) is 0 Å². The van der Waals surface area contributed by atoms with E-state index in [1.165, 1.54) is 5.56 Å². The van der Waals surface area contributed by atoms with Crippen LogP contribution in [0.2, 0.25) is 0 Å². The molecule has 1 aromatic carbocycles. The summed E-state index contributed by atoms with van der Waals surface area (Å²) in [5.74, 6) is 1.53. The number of hydrogen-bond acceptors (Lipinski definition) is 4. The lowest BCUT2D eigenvalue weighted by atomic mass is 10.1. The van der Waals surface area contributed by atoms with Gasteiger partial charge in [0.1, 0.15) is 5.75 Å². The third kappa shape index (κ3) is 3.37. The van der Waals surface area contributed by atoms with Crippen LogP contribution >= 0.6 is 0 Å². The topological polar surface area (TPSA) is 43.4 Å². The summed E-state index contributed by atoms with van der Waals surface area (Å²) in [7, 11) is 3.29. The monoisotopic (exact) mass is 258 g/mol. The minimum absolute atomic E-state index is 0.617. The first kappa shape index (κ1) is 13.2. The average molecular weight is 258 g/mol. The van der Waals surface area contributed by atoms with Gasteiger partial charge in [0.2, 0.25) is 5.88 Å². The van der Waals surface area contributed by atoms with E-state index >= 15 is 0 Å². The van der Waals surface area contributed by atoms with Crippen molar-refractivity contribution in [3.05, 3.63) is 47.7 Å². The summed E-state index contributed by atoms with van der Waals surface area (Å²) >= 11 is 0. The summed E-state index contributed by atoms with van der Waals surface area (Å²) in [6.45, 7) is 2.79. The molecule has 19 heavy (non-hydrogen) atoms. The zero-order chi connectivity index (χ0) is 13.7. The van der Waals surface area contributed by atoms with Gasteiger partial charge in [-0.15, -0.1) is 0 Å². The first-order valence-electron chi connectivity index (χ1n) is 6.10. The predicted octanol–water partition coefficient (Wildman–Crippen LogP) is 3.02. The highest BCUT2D eigenvalue weighted by Gasteiger charge is 2.00. The van der Waals surface area contributed by atoms with E-state index in [4.69, 9.17) is 9.47 Å². The molecule has 1 aromatic heterocycles. The maximum Gasteiger partial charge on any atom is 0.213 e. The molecule has 2 rings (SSSR count). The molecule has 0 saturated heterocycles. The van der Waals surface area contributed by atoms with Gasteiger partial charge in [-0.1, -0.05) is 12.1 Å². The Morgan fingerprint density at radius 2 is 1.95 bits per heavy atom. The Balaban J connectivity index is 1.99. The summed E-state index contributed by atoms with van der Waals surface area (Å²) in [6.07, 6.45) is 1.76. The second-order valence-electron chi connectivity index (χ2n) is 4.25. The van der Waals surface area contributed by atoms with E-state index in [1.54, 1.807) is 20.4 Å². The molecule has 0 bridgehead atoms. The van der Waals surface area contributed by atoms with E-state index in [0.717, 1.165) is 23.5 Å². The van der Waals surface area contributed by atoms with Crippen LogP contribution in [0.15, 0.2) is 36.5 Å². The molecule has 0 aliphatic rings. The Morgan fingerprint density at radius 1 is 1.11 bits per heavy atom. The molecule has 0 radical (unpaired) electrons. The molecular weight excluding hydrogens is 240 g/mol. The molecule has 4 nitrogen and oxygen atoms in total. The SMILES string of the molecule is COc1ccc(NCc2ccc(OC)c(C)c2)cn1. The lowest BCUT2D eigenvalue weighted by molar-refractivity contribution is 0.398. The van der Waals surface area contributed by atoms with Gasteiger partial charge < -0.3 is 14.8 Å². The zero-order valence-electron chi connectivity index (χ0n) is 11.4. The highest BCUT2D eigenvalue weighted by Crippen LogP contribution is 2.19. The molecule has 1 N–H and O–H groups in total. The number of ether oxygens (including phenoxy) is 2. The van der Waals surface area contributed by atoms with Gasteiger partial charge in [-0.25, -0.2) is 4.98 Å². The summed E-state index contributed by atoms with van der Waals surface area (Å²) in [5, 5.41) is 3.32. The highest BCUT2D eigenvalue weighted by molar-refractivity contribution is 5.44. The molecule has 0 fully saturated rings. The van der Waals surface area contributed by atoms with E-state index in [2.05, 4.69) is 22.4 Å². The van der Waals surface area contributed by atoms with Gasteiger partial charge in [0.15, 0.2) is 0 Å². The van der Waals surface area contributed by atoms with Crippen LogP contribution in [0.4, 0.5) is 5.69 Å². The van der Waals surface area contributed by atoms with Crippen LogP contribution in [-0.2, 0) is 6.54 Å². The lowest BCUT2D eigenvalue weighted by Gasteiger charge is -2.09. The smallest absolute Gasteiger partial charge is 0.213 e. The van der Waals surface area contributed by atoms with Gasteiger partial charge >= 0.3 is 0 Å². The summed E-state index contributed by atoms with van der Waals surface area (Å²) < 4.78 is 10.3. The lowest BCUT2D eigenvalue weighted by Crippen LogP contribution is -2.00. The van der Waals surface area contributed by atoms with Crippen LogP contribution in [0.1, 0.15) is 11.1 Å². The zero-order valence-corrected chi connectivity index (χ0v) is 11.4. The van der Waals surface area contributed by atoms with Crippen LogP contribution < -0.4 is 14.8 Å². The van der Waals surface area contributed by atoms with Gasteiger partial charge in [-0.3, -0.25) is 0 Å². The van der Waals surface area contributed by atoms with E-state index in [-0.39, 0.29) is 0 Å². The van der Waals surface area contributed by atoms with Crippen molar-refractivity contribution in [2.75, 3.05) is 19.5 Å². The predicted molar refractivity (Wildman–Crippen MR) is 75.8 cm³/mol. The van der Waals surface area contributed by atoms with E-state index in [1.807, 2.05) is 25.1 Å². The van der Waals surface area contributed by atoms with E-state index < -0.39 is 0 Å². The summed E-state index contributed by atoms with van der Waals surface area (Å²) in [4.78, 5) is 4.15. The third-order valence-corrected chi connectivity index (χ3v) is 2.90. The second kappa shape index (κ2) is 6.09. The Bertz CT molecular complexity index is 538. The molecule has 0 amide bonds.